The monoisotopic (exact) mass is 793 g/mol. The molecule has 314 valence electrons. The molecule has 55 heavy (non-hydrogen) atoms. The van der Waals surface area contributed by atoms with Crippen LogP contribution in [0.1, 0.15) is 149 Å². The third-order valence-corrected chi connectivity index (χ3v) is 9.11. The van der Waals surface area contributed by atoms with Crippen LogP contribution in [-0.2, 0) is 37.5 Å². The van der Waals surface area contributed by atoms with Crippen LogP contribution >= 0.6 is 7.82 Å². The quantitative estimate of drug-likeness (QED) is 0.0236. The number of phosphoric ester groups is 1. The minimum atomic E-state index is -4.73. The van der Waals surface area contributed by atoms with Crippen LogP contribution in [0.4, 0.5) is 0 Å². The molecule has 0 aromatic carbocycles. The second-order valence-electron chi connectivity index (χ2n) is 13.4. The van der Waals surface area contributed by atoms with E-state index in [0.717, 1.165) is 89.9 Å². The minimum Gasteiger partial charge on any atom is -0.480 e. The highest BCUT2D eigenvalue weighted by molar-refractivity contribution is 7.47. The molecule has 0 saturated heterocycles. The van der Waals surface area contributed by atoms with Gasteiger partial charge in [-0.05, 0) is 77.0 Å². The first kappa shape index (κ1) is 51.9. The number of nitrogens with two attached hydrogens (primary N) is 1. The number of allylic oxidation sites excluding steroid dienone is 12. The molecule has 1 unspecified atom stereocenters. The lowest BCUT2D eigenvalue weighted by molar-refractivity contribution is -0.161. The molecule has 4 N–H and O–H groups in total. The summed E-state index contributed by atoms with van der Waals surface area (Å²) in [4.78, 5) is 45.9. The standard InChI is InChI=1S/C43H72NO10P/c1-3-5-7-9-11-13-15-17-19-20-21-23-25-27-29-31-33-35-42(46)54-39(37-52-55(49,50)53-38-40(44)43(47)48)36-51-41(45)34-32-30-28-26-24-22-18-16-14-12-10-8-6-4-2/h7,9-10,12-13,15-16,18-20,23,25,39-40H,3-6,8,11,14,17,21-22,24,26-38,44H2,1-2H3,(H,47,48)(H,49,50)/b9-7+,12-10+,15-13+,18-16+,20-19+,25-23+/t39-,40+/m1/s1. The third-order valence-electron chi connectivity index (χ3n) is 8.16. The van der Waals surface area contributed by atoms with Gasteiger partial charge in [0.25, 0.3) is 0 Å². The maximum absolute atomic E-state index is 12.6. The molecule has 0 aromatic heterocycles. The van der Waals surface area contributed by atoms with E-state index in [0.29, 0.717) is 12.8 Å². The van der Waals surface area contributed by atoms with Crippen molar-refractivity contribution < 1.29 is 47.5 Å². The van der Waals surface area contributed by atoms with Gasteiger partial charge in [-0.3, -0.25) is 23.4 Å². The largest absolute Gasteiger partial charge is 0.480 e. The van der Waals surface area contributed by atoms with Gasteiger partial charge in [-0.15, -0.1) is 0 Å². The first-order valence-corrected chi connectivity index (χ1v) is 22.0. The summed E-state index contributed by atoms with van der Waals surface area (Å²) in [5.41, 5.74) is 5.32. The Morgan fingerprint density at radius 1 is 0.564 bits per heavy atom. The molecule has 11 nitrogen and oxygen atoms in total. The lowest BCUT2D eigenvalue weighted by Crippen LogP contribution is -2.34. The van der Waals surface area contributed by atoms with Crippen molar-refractivity contribution in [3.8, 4) is 0 Å². The van der Waals surface area contributed by atoms with Crippen molar-refractivity contribution >= 4 is 25.7 Å². The molecular weight excluding hydrogens is 721 g/mol. The van der Waals surface area contributed by atoms with E-state index in [-0.39, 0.29) is 19.4 Å². The summed E-state index contributed by atoms with van der Waals surface area (Å²) < 4.78 is 32.6. The maximum atomic E-state index is 12.6. The highest BCUT2D eigenvalue weighted by atomic mass is 31.2. The molecular formula is C43H72NO10P. The van der Waals surface area contributed by atoms with Crippen LogP contribution in [0.3, 0.4) is 0 Å². The summed E-state index contributed by atoms with van der Waals surface area (Å²) >= 11 is 0. The number of carboxylic acid groups (broad SMARTS) is 1. The summed E-state index contributed by atoms with van der Waals surface area (Å²) in [5, 5.41) is 8.87. The van der Waals surface area contributed by atoms with E-state index in [2.05, 4.69) is 91.3 Å². The summed E-state index contributed by atoms with van der Waals surface area (Å²) in [7, 11) is -4.73. The predicted molar refractivity (Wildman–Crippen MR) is 221 cm³/mol. The van der Waals surface area contributed by atoms with Crippen molar-refractivity contribution in [2.45, 2.75) is 161 Å². The summed E-state index contributed by atoms with van der Waals surface area (Å²) in [6.45, 7) is 2.62. The van der Waals surface area contributed by atoms with Gasteiger partial charge in [-0.25, -0.2) is 4.57 Å². The lowest BCUT2D eigenvalue weighted by atomic mass is 10.1. The number of esters is 2. The number of hydrogen-bond donors (Lipinski definition) is 3. The molecule has 0 fully saturated rings. The molecule has 0 heterocycles. The Kier molecular flexibility index (Phi) is 35.7. The normalized spacial score (nSPS) is 14.5. The second-order valence-corrected chi connectivity index (χ2v) is 14.9. The Morgan fingerprint density at radius 3 is 1.53 bits per heavy atom. The molecule has 0 radical (unpaired) electrons. The van der Waals surface area contributed by atoms with Crippen LogP contribution in [0, 0.1) is 0 Å². The lowest BCUT2D eigenvalue weighted by Gasteiger charge is -2.20. The minimum absolute atomic E-state index is 0.117. The smallest absolute Gasteiger partial charge is 0.472 e. The maximum Gasteiger partial charge on any atom is 0.472 e. The van der Waals surface area contributed by atoms with Crippen molar-refractivity contribution in [1.82, 2.24) is 0 Å². The van der Waals surface area contributed by atoms with E-state index >= 15 is 0 Å². The third kappa shape index (κ3) is 37.6. The first-order valence-electron chi connectivity index (χ1n) is 20.5. The van der Waals surface area contributed by atoms with E-state index in [1.165, 1.54) is 19.3 Å². The van der Waals surface area contributed by atoms with Crippen LogP contribution in [0.15, 0.2) is 72.9 Å². The molecule has 0 aliphatic carbocycles. The number of carbonyl (C=O) groups excluding carboxylic acids is 2. The Morgan fingerprint density at radius 2 is 1.00 bits per heavy atom. The SMILES string of the molecule is CCC/C=C/C/C=C/C/C=C/C/C=C/CCCCCC(=O)O[C@H](COC(=O)CCCCCCC/C=C/C/C=C/CCCC)COP(=O)(O)OC[C@H](N)C(=O)O. The average molecular weight is 794 g/mol. The van der Waals surface area contributed by atoms with Gasteiger partial charge in [0.05, 0.1) is 13.2 Å². The Balaban J connectivity index is 4.51. The molecule has 12 heteroatoms. The van der Waals surface area contributed by atoms with Crippen LogP contribution in [-0.4, -0.2) is 59.9 Å². The molecule has 0 spiro atoms. The summed E-state index contributed by atoms with van der Waals surface area (Å²) in [6.07, 6.45) is 43.9. The van der Waals surface area contributed by atoms with E-state index in [1.807, 2.05) is 0 Å². The van der Waals surface area contributed by atoms with Crippen molar-refractivity contribution in [3.63, 3.8) is 0 Å². The van der Waals surface area contributed by atoms with Gasteiger partial charge < -0.3 is 25.2 Å². The fourth-order valence-corrected chi connectivity index (χ4v) is 5.67. The van der Waals surface area contributed by atoms with E-state index in [9.17, 15) is 23.8 Å². The zero-order valence-corrected chi connectivity index (χ0v) is 34.6. The number of aliphatic carboxylic acids is 1. The van der Waals surface area contributed by atoms with Crippen molar-refractivity contribution in [3.05, 3.63) is 72.9 Å². The second kappa shape index (κ2) is 37.8. The van der Waals surface area contributed by atoms with Gasteiger partial charge in [0.1, 0.15) is 12.6 Å². The molecule has 0 aliphatic rings. The Labute approximate surface area is 331 Å². The van der Waals surface area contributed by atoms with Gasteiger partial charge in [0.15, 0.2) is 6.10 Å². The van der Waals surface area contributed by atoms with Crippen molar-refractivity contribution in [2.24, 2.45) is 5.73 Å². The summed E-state index contributed by atoms with van der Waals surface area (Å²) in [6, 6.07) is -1.53. The van der Waals surface area contributed by atoms with E-state index < -0.39 is 51.1 Å². The van der Waals surface area contributed by atoms with Crippen LogP contribution in [0.2, 0.25) is 0 Å². The van der Waals surface area contributed by atoms with E-state index in [4.69, 9.17) is 24.8 Å². The number of rotatable bonds is 37. The first-order chi connectivity index (χ1) is 26.6. The van der Waals surface area contributed by atoms with Crippen LogP contribution in [0.25, 0.3) is 0 Å². The fourth-order valence-electron chi connectivity index (χ4n) is 4.89. The van der Waals surface area contributed by atoms with Crippen molar-refractivity contribution in [1.29, 1.82) is 0 Å². The van der Waals surface area contributed by atoms with Gasteiger partial charge in [0, 0.05) is 12.8 Å². The molecule has 0 aromatic rings. The van der Waals surface area contributed by atoms with Crippen LogP contribution < -0.4 is 5.73 Å². The predicted octanol–water partition coefficient (Wildman–Crippen LogP) is 10.6. The van der Waals surface area contributed by atoms with Crippen molar-refractivity contribution in [2.75, 3.05) is 19.8 Å². The number of unbranched alkanes of at least 4 members (excludes halogenated alkanes) is 11. The highest BCUT2D eigenvalue weighted by Crippen LogP contribution is 2.43. The summed E-state index contributed by atoms with van der Waals surface area (Å²) in [5.74, 6) is -2.45. The Bertz CT molecular complexity index is 1210. The number of ether oxygens (including phenoxy) is 2. The van der Waals surface area contributed by atoms with Gasteiger partial charge in [-0.1, -0.05) is 132 Å². The molecule has 0 aliphatic heterocycles. The fraction of sp³-hybridized carbons (Fsp3) is 0.651. The number of phosphoric acid groups is 1. The number of hydrogen-bond acceptors (Lipinski definition) is 9. The van der Waals surface area contributed by atoms with Gasteiger partial charge >= 0.3 is 25.7 Å². The molecule has 0 amide bonds. The zero-order chi connectivity index (χ0) is 40.7. The molecule has 0 bridgehead atoms. The Hall–Kier alpha value is -3.08. The van der Waals surface area contributed by atoms with Gasteiger partial charge in [-0.2, -0.15) is 0 Å². The number of carboxylic acids is 1. The molecule has 3 atom stereocenters. The molecule has 0 saturated carbocycles. The average Bonchev–Trinajstić information content (AvgIpc) is 3.16. The zero-order valence-electron chi connectivity index (χ0n) is 33.7. The topological polar surface area (TPSA) is 172 Å². The van der Waals surface area contributed by atoms with Gasteiger partial charge in [0.2, 0.25) is 0 Å². The number of carbonyl (C=O) groups is 3. The van der Waals surface area contributed by atoms with E-state index in [1.54, 1.807) is 0 Å². The highest BCUT2D eigenvalue weighted by Gasteiger charge is 2.28. The van der Waals surface area contributed by atoms with Crippen LogP contribution in [0.5, 0.6) is 0 Å². The molecule has 0 rings (SSSR count).